The number of rotatable bonds is 5. The van der Waals surface area contributed by atoms with Gasteiger partial charge in [0, 0.05) is 49.5 Å². The van der Waals surface area contributed by atoms with Gasteiger partial charge in [-0.3, -0.25) is 0 Å². The summed E-state index contributed by atoms with van der Waals surface area (Å²) in [5.74, 6) is 1.65. The lowest BCUT2D eigenvalue weighted by Gasteiger charge is -2.34. The van der Waals surface area contributed by atoms with Gasteiger partial charge in [0.15, 0.2) is 0 Å². The van der Waals surface area contributed by atoms with Crippen molar-refractivity contribution >= 4 is 5.69 Å². The van der Waals surface area contributed by atoms with E-state index in [0.29, 0.717) is 24.0 Å². The van der Waals surface area contributed by atoms with Gasteiger partial charge in [0.2, 0.25) is 0 Å². The van der Waals surface area contributed by atoms with Crippen LogP contribution >= 0.6 is 0 Å². The van der Waals surface area contributed by atoms with Gasteiger partial charge in [-0.05, 0) is 37.3 Å². The van der Waals surface area contributed by atoms with Crippen molar-refractivity contribution in [3.8, 4) is 5.75 Å². The van der Waals surface area contributed by atoms with Crippen molar-refractivity contribution < 1.29 is 9.47 Å². The minimum Gasteiger partial charge on any atom is -0.497 e. The van der Waals surface area contributed by atoms with Gasteiger partial charge >= 0.3 is 0 Å². The Morgan fingerprint density at radius 3 is 3.08 bits per heavy atom. The highest BCUT2D eigenvalue weighted by Gasteiger charge is 2.36. The van der Waals surface area contributed by atoms with E-state index < -0.39 is 0 Å². The third-order valence-corrected chi connectivity index (χ3v) is 6.09. The Kier molecular flexibility index (Phi) is 5.44. The zero-order chi connectivity index (χ0) is 17.1. The van der Waals surface area contributed by atoms with Crippen LogP contribution in [0.2, 0.25) is 0 Å². The summed E-state index contributed by atoms with van der Waals surface area (Å²) in [6, 6.07) is 10.2. The van der Waals surface area contributed by atoms with Crippen molar-refractivity contribution in [3.63, 3.8) is 0 Å². The SMILES string of the molecule is COc1cccc(N2CCC(NC3CCCC3C3COCCN3)C2)c1. The number of benzene rings is 1. The van der Waals surface area contributed by atoms with Crippen LogP contribution in [-0.2, 0) is 4.74 Å². The second kappa shape index (κ2) is 7.94. The van der Waals surface area contributed by atoms with Crippen LogP contribution in [0.5, 0.6) is 5.75 Å². The minimum atomic E-state index is 0.532. The predicted octanol–water partition coefficient (Wildman–Crippen LogP) is 2.02. The molecule has 0 aromatic heterocycles. The zero-order valence-corrected chi connectivity index (χ0v) is 15.2. The Morgan fingerprint density at radius 2 is 2.24 bits per heavy atom. The molecule has 4 atom stereocenters. The Bertz CT molecular complexity index is 562. The summed E-state index contributed by atoms with van der Waals surface area (Å²) in [6.45, 7) is 4.95. The average molecular weight is 345 g/mol. The summed E-state index contributed by atoms with van der Waals surface area (Å²) in [5, 5.41) is 7.66. The van der Waals surface area contributed by atoms with Crippen LogP contribution in [0.25, 0.3) is 0 Å². The summed E-state index contributed by atoms with van der Waals surface area (Å²) >= 11 is 0. The largest absolute Gasteiger partial charge is 0.497 e. The van der Waals surface area contributed by atoms with E-state index in [1.165, 1.54) is 31.4 Å². The van der Waals surface area contributed by atoms with Crippen LogP contribution in [0.3, 0.4) is 0 Å². The van der Waals surface area contributed by atoms with E-state index >= 15 is 0 Å². The molecule has 4 unspecified atom stereocenters. The molecule has 2 aliphatic heterocycles. The van der Waals surface area contributed by atoms with Crippen LogP contribution in [0, 0.1) is 5.92 Å². The average Bonchev–Trinajstić information content (AvgIpc) is 3.32. The van der Waals surface area contributed by atoms with Crippen LogP contribution < -0.4 is 20.3 Å². The number of hydrogen-bond acceptors (Lipinski definition) is 5. The first-order valence-corrected chi connectivity index (χ1v) is 9.79. The van der Waals surface area contributed by atoms with E-state index in [9.17, 15) is 0 Å². The molecular weight excluding hydrogens is 314 g/mol. The van der Waals surface area contributed by atoms with Gasteiger partial charge in [-0.2, -0.15) is 0 Å². The Morgan fingerprint density at radius 1 is 1.28 bits per heavy atom. The monoisotopic (exact) mass is 345 g/mol. The number of ether oxygens (including phenoxy) is 2. The lowest BCUT2D eigenvalue weighted by molar-refractivity contribution is 0.0518. The minimum absolute atomic E-state index is 0.532. The van der Waals surface area contributed by atoms with Crippen molar-refractivity contribution in [2.75, 3.05) is 44.9 Å². The third kappa shape index (κ3) is 3.94. The molecule has 25 heavy (non-hydrogen) atoms. The predicted molar refractivity (Wildman–Crippen MR) is 100 cm³/mol. The van der Waals surface area contributed by atoms with E-state index in [2.05, 4.69) is 33.7 Å². The van der Waals surface area contributed by atoms with Crippen LogP contribution in [-0.4, -0.2) is 58.1 Å². The summed E-state index contributed by atoms with van der Waals surface area (Å²) in [7, 11) is 1.73. The molecule has 0 spiro atoms. The molecule has 2 heterocycles. The quantitative estimate of drug-likeness (QED) is 0.855. The highest BCUT2D eigenvalue weighted by Crippen LogP contribution is 2.31. The highest BCUT2D eigenvalue weighted by molar-refractivity contribution is 5.51. The van der Waals surface area contributed by atoms with Gasteiger partial charge < -0.3 is 25.0 Å². The smallest absolute Gasteiger partial charge is 0.120 e. The molecule has 0 bridgehead atoms. The normalized spacial score (nSPS) is 32.9. The molecule has 5 heteroatoms. The molecule has 0 amide bonds. The van der Waals surface area contributed by atoms with E-state index in [0.717, 1.165) is 38.6 Å². The van der Waals surface area contributed by atoms with Crippen LogP contribution in [0.1, 0.15) is 25.7 Å². The molecule has 0 radical (unpaired) electrons. The fraction of sp³-hybridized carbons (Fsp3) is 0.700. The molecule has 1 aromatic rings. The number of anilines is 1. The second-order valence-electron chi connectivity index (χ2n) is 7.64. The standard InChI is InChI=1S/C20H31N3O2/c1-24-17-5-2-4-16(12-17)23-10-8-15(13-23)22-19-7-3-6-18(19)20-14-25-11-9-21-20/h2,4-5,12,15,18-22H,3,6-11,13-14H2,1H3. The van der Waals surface area contributed by atoms with E-state index in [4.69, 9.17) is 9.47 Å². The Hall–Kier alpha value is -1.30. The zero-order valence-electron chi connectivity index (χ0n) is 15.2. The maximum atomic E-state index is 5.70. The number of morpholine rings is 1. The molecule has 4 rings (SSSR count). The van der Waals surface area contributed by atoms with E-state index in [-0.39, 0.29) is 0 Å². The van der Waals surface area contributed by atoms with Crippen molar-refractivity contribution in [1.82, 2.24) is 10.6 Å². The number of hydrogen-bond donors (Lipinski definition) is 2. The molecule has 3 aliphatic rings. The molecular formula is C20H31N3O2. The van der Waals surface area contributed by atoms with Crippen LogP contribution in [0.15, 0.2) is 24.3 Å². The van der Waals surface area contributed by atoms with Gasteiger partial charge in [0.05, 0.1) is 20.3 Å². The summed E-state index contributed by atoms with van der Waals surface area (Å²) < 4.78 is 11.1. The van der Waals surface area contributed by atoms with Crippen molar-refractivity contribution in [3.05, 3.63) is 24.3 Å². The highest BCUT2D eigenvalue weighted by atomic mass is 16.5. The molecule has 138 valence electrons. The van der Waals surface area contributed by atoms with Gasteiger partial charge in [0.1, 0.15) is 5.75 Å². The van der Waals surface area contributed by atoms with Crippen molar-refractivity contribution in [2.45, 2.75) is 43.8 Å². The third-order valence-electron chi connectivity index (χ3n) is 6.09. The van der Waals surface area contributed by atoms with Gasteiger partial charge in [-0.25, -0.2) is 0 Å². The number of nitrogens with zero attached hydrogens (tertiary/aromatic N) is 1. The summed E-state index contributed by atoms with van der Waals surface area (Å²) in [6.07, 6.45) is 5.19. The maximum absolute atomic E-state index is 5.70. The molecule has 3 fully saturated rings. The lowest BCUT2D eigenvalue weighted by Crippen LogP contribution is -2.52. The Labute approximate surface area is 151 Å². The van der Waals surface area contributed by atoms with E-state index in [1.807, 2.05) is 6.07 Å². The molecule has 2 saturated heterocycles. The maximum Gasteiger partial charge on any atom is 0.120 e. The molecule has 1 aliphatic carbocycles. The van der Waals surface area contributed by atoms with Gasteiger partial charge in [0.25, 0.3) is 0 Å². The summed E-state index contributed by atoms with van der Waals surface area (Å²) in [5.41, 5.74) is 1.27. The second-order valence-corrected chi connectivity index (χ2v) is 7.64. The lowest BCUT2D eigenvalue weighted by atomic mass is 9.93. The van der Waals surface area contributed by atoms with E-state index in [1.54, 1.807) is 7.11 Å². The topological polar surface area (TPSA) is 45.8 Å². The van der Waals surface area contributed by atoms with Crippen molar-refractivity contribution in [2.24, 2.45) is 5.92 Å². The molecule has 1 saturated carbocycles. The fourth-order valence-electron chi connectivity index (χ4n) is 4.78. The fourth-order valence-corrected chi connectivity index (χ4v) is 4.78. The first-order chi connectivity index (χ1) is 12.3. The van der Waals surface area contributed by atoms with Crippen LogP contribution in [0.4, 0.5) is 5.69 Å². The summed E-state index contributed by atoms with van der Waals surface area (Å²) in [4.78, 5) is 2.48. The van der Waals surface area contributed by atoms with Gasteiger partial charge in [-0.1, -0.05) is 12.5 Å². The first-order valence-electron chi connectivity index (χ1n) is 9.79. The molecule has 1 aromatic carbocycles. The molecule has 5 nitrogen and oxygen atoms in total. The van der Waals surface area contributed by atoms with Crippen molar-refractivity contribution in [1.29, 1.82) is 0 Å². The van der Waals surface area contributed by atoms with Gasteiger partial charge in [-0.15, -0.1) is 0 Å². The number of methoxy groups -OCH3 is 1. The molecule has 2 N–H and O–H groups in total. The Balaban J connectivity index is 1.34. The first kappa shape index (κ1) is 17.1. The number of nitrogens with one attached hydrogen (secondary N) is 2.